The van der Waals surface area contributed by atoms with Gasteiger partial charge < -0.3 is 15.2 Å². The second-order valence-corrected chi connectivity index (χ2v) is 4.74. The van der Waals surface area contributed by atoms with Gasteiger partial charge in [-0.3, -0.25) is 0 Å². The Hall–Kier alpha value is -1.06. The van der Waals surface area contributed by atoms with Gasteiger partial charge in [-0.25, -0.2) is 0 Å². The normalized spacial score (nSPS) is 25.6. The lowest BCUT2D eigenvalue weighted by atomic mass is 9.94. The van der Waals surface area contributed by atoms with Crippen LogP contribution in [0.1, 0.15) is 25.3 Å². The summed E-state index contributed by atoms with van der Waals surface area (Å²) in [4.78, 5) is 0. The van der Waals surface area contributed by atoms with E-state index in [0.717, 1.165) is 38.2 Å². The molecule has 1 aromatic carbocycles. The first-order valence-corrected chi connectivity index (χ1v) is 5.79. The molecule has 2 N–H and O–H groups in total. The van der Waals surface area contributed by atoms with E-state index in [2.05, 4.69) is 12.2 Å². The van der Waals surface area contributed by atoms with Crippen LogP contribution in [0.25, 0.3) is 0 Å². The van der Waals surface area contributed by atoms with Gasteiger partial charge in [0.05, 0.1) is 6.61 Å². The maximum Gasteiger partial charge on any atom is 0.115 e. The zero-order chi connectivity index (χ0) is 11.4. The molecule has 16 heavy (non-hydrogen) atoms. The molecule has 1 aliphatic rings. The Bertz CT molecular complexity index is 346. The number of nitrogens with one attached hydrogen (secondary N) is 1. The molecule has 1 aromatic rings. The van der Waals surface area contributed by atoms with E-state index in [1.54, 1.807) is 12.1 Å². The molecular formula is C13H19NO2. The summed E-state index contributed by atoms with van der Waals surface area (Å²) >= 11 is 0. The molecule has 88 valence electrons. The van der Waals surface area contributed by atoms with E-state index in [1.807, 2.05) is 12.1 Å². The molecule has 1 atom stereocenters. The van der Waals surface area contributed by atoms with Crippen molar-refractivity contribution in [3.8, 4) is 5.75 Å². The standard InChI is InChI=1S/C13H19NO2/c1-13(6-3-7-16-10-13)14-9-11-4-2-5-12(15)8-11/h2,4-5,8,14-15H,3,6-7,9-10H2,1H3. The minimum Gasteiger partial charge on any atom is -0.508 e. The number of hydrogen-bond acceptors (Lipinski definition) is 3. The molecule has 1 aliphatic heterocycles. The fourth-order valence-corrected chi connectivity index (χ4v) is 2.06. The number of benzene rings is 1. The summed E-state index contributed by atoms with van der Waals surface area (Å²) in [6.07, 6.45) is 2.26. The van der Waals surface area contributed by atoms with Gasteiger partial charge in [-0.2, -0.15) is 0 Å². The Morgan fingerprint density at radius 2 is 2.38 bits per heavy atom. The summed E-state index contributed by atoms with van der Waals surface area (Å²) in [5.74, 6) is 0.323. The summed E-state index contributed by atoms with van der Waals surface area (Å²) in [6, 6.07) is 7.36. The number of ether oxygens (including phenoxy) is 1. The van der Waals surface area contributed by atoms with Crippen LogP contribution in [-0.2, 0) is 11.3 Å². The highest BCUT2D eigenvalue weighted by Crippen LogP contribution is 2.19. The van der Waals surface area contributed by atoms with Crippen LogP contribution < -0.4 is 5.32 Å². The van der Waals surface area contributed by atoms with Crippen molar-refractivity contribution in [1.29, 1.82) is 0 Å². The van der Waals surface area contributed by atoms with Gasteiger partial charge in [0.25, 0.3) is 0 Å². The summed E-state index contributed by atoms with van der Waals surface area (Å²) in [5.41, 5.74) is 1.18. The van der Waals surface area contributed by atoms with Gasteiger partial charge in [0.1, 0.15) is 5.75 Å². The average molecular weight is 221 g/mol. The maximum atomic E-state index is 9.36. The van der Waals surface area contributed by atoms with Crippen LogP contribution in [0, 0.1) is 0 Å². The van der Waals surface area contributed by atoms with Crippen LogP contribution in [0.4, 0.5) is 0 Å². The van der Waals surface area contributed by atoms with Crippen molar-refractivity contribution in [2.75, 3.05) is 13.2 Å². The lowest BCUT2D eigenvalue weighted by molar-refractivity contribution is 0.0278. The Balaban J connectivity index is 1.91. The van der Waals surface area contributed by atoms with E-state index in [0.29, 0.717) is 5.75 Å². The van der Waals surface area contributed by atoms with Crippen LogP contribution in [0.3, 0.4) is 0 Å². The maximum absolute atomic E-state index is 9.36. The Labute approximate surface area is 96.4 Å². The minimum absolute atomic E-state index is 0.0731. The van der Waals surface area contributed by atoms with Crippen molar-refractivity contribution in [2.24, 2.45) is 0 Å². The van der Waals surface area contributed by atoms with Crippen LogP contribution in [0.2, 0.25) is 0 Å². The lowest BCUT2D eigenvalue weighted by Crippen LogP contribution is -2.48. The molecule has 1 fully saturated rings. The van der Waals surface area contributed by atoms with E-state index < -0.39 is 0 Å². The van der Waals surface area contributed by atoms with E-state index in [1.165, 1.54) is 0 Å². The molecule has 1 unspecified atom stereocenters. The molecular weight excluding hydrogens is 202 g/mol. The first-order chi connectivity index (χ1) is 7.68. The van der Waals surface area contributed by atoms with Crippen LogP contribution in [0.15, 0.2) is 24.3 Å². The second kappa shape index (κ2) is 4.85. The Kier molecular flexibility index (Phi) is 3.46. The topological polar surface area (TPSA) is 41.5 Å². The lowest BCUT2D eigenvalue weighted by Gasteiger charge is -2.34. The van der Waals surface area contributed by atoms with Crippen LogP contribution >= 0.6 is 0 Å². The quantitative estimate of drug-likeness (QED) is 0.820. The molecule has 0 amide bonds. The molecule has 1 saturated heterocycles. The minimum atomic E-state index is 0.0731. The monoisotopic (exact) mass is 221 g/mol. The predicted octanol–water partition coefficient (Wildman–Crippen LogP) is 2.05. The highest BCUT2D eigenvalue weighted by atomic mass is 16.5. The predicted molar refractivity (Wildman–Crippen MR) is 63.4 cm³/mol. The third-order valence-electron chi connectivity index (χ3n) is 3.07. The van der Waals surface area contributed by atoms with Gasteiger partial charge in [-0.15, -0.1) is 0 Å². The van der Waals surface area contributed by atoms with Crippen molar-refractivity contribution >= 4 is 0 Å². The van der Waals surface area contributed by atoms with E-state index in [4.69, 9.17) is 4.74 Å². The van der Waals surface area contributed by atoms with Crippen LogP contribution in [-0.4, -0.2) is 23.9 Å². The molecule has 0 aromatic heterocycles. The van der Waals surface area contributed by atoms with E-state index >= 15 is 0 Å². The first-order valence-electron chi connectivity index (χ1n) is 5.79. The number of aromatic hydroxyl groups is 1. The zero-order valence-electron chi connectivity index (χ0n) is 9.70. The summed E-state index contributed by atoms with van der Waals surface area (Å²) in [7, 11) is 0. The van der Waals surface area contributed by atoms with Crippen molar-refractivity contribution in [1.82, 2.24) is 5.32 Å². The number of rotatable bonds is 3. The van der Waals surface area contributed by atoms with E-state index in [9.17, 15) is 5.11 Å². The van der Waals surface area contributed by atoms with Crippen molar-refractivity contribution < 1.29 is 9.84 Å². The number of phenolic OH excluding ortho intramolecular Hbond substituents is 1. The summed E-state index contributed by atoms with van der Waals surface area (Å²) in [5, 5.41) is 12.9. The third-order valence-corrected chi connectivity index (χ3v) is 3.07. The molecule has 3 nitrogen and oxygen atoms in total. The highest BCUT2D eigenvalue weighted by molar-refractivity contribution is 5.27. The smallest absolute Gasteiger partial charge is 0.115 e. The molecule has 0 radical (unpaired) electrons. The molecule has 0 saturated carbocycles. The molecule has 1 heterocycles. The third kappa shape index (κ3) is 2.97. The fraction of sp³-hybridized carbons (Fsp3) is 0.538. The number of hydrogen-bond donors (Lipinski definition) is 2. The summed E-state index contributed by atoms with van der Waals surface area (Å²) in [6.45, 7) is 4.61. The average Bonchev–Trinajstić information content (AvgIpc) is 2.28. The van der Waals surface area contributed by atoms with Crippen molar-refractivity contribution in [2.45, 2.75) is 31.8 Å². The SMILES string of the molecule is CC1(NCc2cccc(O)c2)CCCOC1. The van der Waals surface area contributed by atoms with Gasteiger partial charge >= 0.3 is 0 Å². The molecule has 0 spiro atoms. The Morgan fingerprint density at radius 3 is 3.06 bits per heavy atom. The molecule has 2 rings (SSSR count). The van der Waals surface area contributed by atoms with Gasteiger partial charge in [-0.05, 0) is 37.5 Å². The van der Waals surface area contributed by atoms with E-state index in [-0.39, 0.29) is 5.54 Å². The molecule has 0 aliphatic carbocycles. The fourth-order valence-electron chi connectivity index (χ4n) is 2.06. The van der Waals surface area contributed by atoms with Crippen molar-refractivity contribution in [3.63, 3.8) is 0 Å². The van der Waals surface area contributed by atoms with Gasteiger partial charge in [-0.1, -0.05) is 12.1 Å². The second-order valence-electron chi connectivity index (χ2n) is 4.74. The zero-order valence-corrected chi connectivity index (χ0v) is 9.70. The largest absolute Gasteiger partial charge is 0.508 e. The molecule has 0 bridgehead atoms. The Morgan fingerprint density at radius 1 is 1.50 bits per heavy atom. The van der Waals surface area contributed by atoms with Gasteiger partial charge in [0, 0.05) is 18.7 Å². The number of phenols is 1. The molecule has 3 heteroatoms. The van der Waals surface area contributed by atoms with Crippen molar-refractivity contribution in [3.05, 3.63) is 29.8 Å². The van der Waals surface area contributed by atoms with Gasteiger partial charge in [0.2, 0.25) is 0 Å². The van der Waals surface area contributed by atoms with Gasteiger partial charge in [0.15, 0.2) is 0 Å². The van der Waals surface area contributed by atoms with Crippen LogP contribution in [0.5, 0.6) is 5.75 Å². The first kappa shape index (κ1) is 11.4. The summed E-state index contributed by atoms with van der Waals surface area (Å²) < 4.78 is 5.49. The highest BCUT2D eigenvalue weighted by Gasteiger charge is 2.26.